The highest BCUT2D eigenvalue weighted by Crippen LogP contribution is 2.05. The number of esters is 1. The van der Waals surface area contributed by atoms with E-state index in [1.165, 1.54) is 0 Å². The molecule has 0 radical (unpaired) electrons. The highest BCUT2D eigenvalue weighted by molar-refractivity contribution is 5.78. The van der Waals surface area contributed by atoms with Crippen LogP contribution in [-0.2, 0) is 14.3 Å². The normalized spacial score (nSPS) is 18.7. The smallest absolute Gasteiger partial charge is 0.305 e. The molecule has 1 fully saturated rings. The lowest BCUT2D eigenvalue weighted by Crippen LogP contribution is -2.35. The van der Waals surface area contributed by atoms with Gasteiger partial charge in [0.2, 0.25) is 5.91 Å². The monoisotopic (exact) mass is 256 g/mol. The maximum absolute atomic E-state index is 11.1. The molecular weight excluding hydrogens is 232 g/mol. The summed E-state index contributed by atoms with van der Waals surface area (Å²) < 4.78 is 4.85. The molecular formula is C13H24N2O3. The molecule has 5 nitrogen and oxygen atoms in total. The molecule has 1 aliphatic heterocycles. The molecule has 1 rings (SSSR count). The number of carbonyl (C=O) groups is 2. The standard InChI is InChI=1S/C13H24N2O3/c1-2-18-13(17)6-4-3-5-9-14-10-11-7-8-12(16)15-11/h11,14H,2-10H2,1H3,(H,15,16). The van der Waals surface area contributed by atoms with Crippen LogP contribution < -0.4 is 10.6 Å². The SMILES string of the molecule is CCOC(=O)CCCCCNCC1CCC(=O)N1. The Morgan fingerprint density at radius 3 is 2.94 bits per heavy atom. The molecule has 0 bridgehead atoms. The third kappa shape index (κ3) is 6.59. The first-order valence-corrected chi connectivity index (χ1v) is 6.88. The molecule has 5 heteroatoms. The molecule has 0 aromatic heterocycles. The first-order valence-electron chi connectivity index (χ1n) is 6.88. The molecule has 1 atom stereocenters. The van der Waals surface area contributed by atoms with Crippen molar-refractivity contribution in [2.45, 2.75) is 51.5 Å². The van der Waals surface area contributed by atoms with Crippen molar-refractivity contribution in [2.75, 3.05) is 19.7 Å². The lowest BCUT2D eigenvalue weighted by Gasteiger charge is -2.10. The van der Waals surface area contributed by atoms with Crippen LogP contribution in [-0.4, -0.2) is 37.6 Å². The van der Waals surface area contributed by atoms with Crippen LogP contribution in [0.25, 0.3) is 0 Å². The fourth-order valence-electron chi connectivity index (χ4n) is 2.04. The summed E-state index contributed by atoms with van der Waals surface area (Å²) in [4.78, 5) is 22.0. The van der Waals surface area contributed by atoms with Gasteiger partial charge in [0, 0.05) is 25.4 Å². The van der Waals surface area contributed by atoms with Crippen LogP contribution in [0, 0.1) is 0 Å². The van der Waals surface area contributed by atoms with E-state index in [9.17, 15) is 9.59 Å². The van der Waals surface area contributed by atoms with Gasteiger partial charge in [0.05, 0.1) is 6.61 Å². The molecule has 0 saturated carbocycles. The van der Waals surface area contributed by atoms with Gasteiger partial charge in [0.15, 0.2) is 0 Å². The Labute approximate surface area is 109 Å². The summed E-state index contributed by atoms with van der Waals surface area (Å²) in [6, 6.07) is 0.303. The third-order valence-electron chi connectivity index (χ3n) is 3.02. The summed E-state index contributed by atoms with van der Waals surface area (Å²) >= 11 is 0. The quantitative estimate of drug-likeness (QED) is 0.476. The summed E-state index contributed by atoms with van der Waals surface area (Å²) in [5.74, 6) is 0.0652. The second-order valence-corrected chi connectivity index (χ2v) is 4.62. The van der Waals surface area contributed by atoms with Crippen molar-refractivity contribution in [2.24, 2.45) is 0 Å². The van der Waals surface area contributed by atoms with Crippen LogP contribution in [0.2, 0.25) is 0 Å². The van der Waals surface area contributed by atoms with Gasteiger partial charge in [-0.3, -0.25) is 9.59 Å². The minimum Gasteiger partial charge on any atom is -0.466 e. The van der Waals surface area contributed by atoms with Gasteiger partial charge in [-0.15, -0.1) is 0 Å². The molecule has 1 aliphatic rings. The summed E-state index contributed by atoms with van der Waals surface area (Å²) in [5, 5.41) is 6.25. The molecule has 0 spiro atoms. The third-order valence-corrected chi connectivity index (χ3v) is 3.02. The average molecular weight is 256 g/mol. The minimum absolute atomic E-state index is 0.0980. The van der Waals surface area contributed by atoms with Crippen molar-refractivity contribution < 1.29 is 14.3 Å². The van der Waals surface area contributed by atoms with E-state index in [1.54, 1.807) is 0 Å². The molecule has 18 heavy (non-hydrogen) atoms. The van der Waals surface area contributed by atoms with Crippen molar-refractivity contribution in [3.05, 3.63) is 0 Å². The molecule has 0 aromatic carbocycles. The number of rotatable bonds is 9. The maximum Gasteiger partial charge on any atom is 0.305 e. The van der Waals surface area contributed by atoms with Crippen LogP contribution in [0.4, 0.5) is 0 Å². The minimum atomic E-state index is -0.0980. The highest BCUT2D eigenvalue weighted by atomic mass is 16.5. The number of carbonyl (C=O) groups excluding carboxylic acids is 2. The van der Waals surface area contributed by atoms with Crippen molar-refractivity contribution in [3.63, 3.8) is 0 Å². The van der Waals surface area contributed by atoms with E-state index in [4.69, 9.17) is 4.74 Å². The molecule has 1 saturated heterocycles. The summed E-state index contributed by atoms with van der Waals surface area (Å²) in [5.41, 5.74) is 0. The molecule has 0 aromatic rings. The number of hydrogen-bond donors (Lipinski definition) is 2. The first-order chi connectivity index (χ1) is 8.72. The molecule has 1 heterocycles. The summed E-state index contributed by atoms with van der Waals surface area (Å²) in [6.45, 7) is 4.08. The van der Waals surface area contributed by atoms with E-state index in [2.05, 4.69) is 10.6 Å². The van der Waals surface area contributed by atoms with Crippen molar-refractivity contribution in [3.8, 4) is 0 Å². The Morgan fingerprint density at radius 2 is 2.28 bits per heavy atom. The predicted molar refractivity (Wildman–Crippen MR) is 69.1 cm³/mol. The molecule has 1 amide bonds. The maximum atomic E-state index is 11.1. The van der Waals surface area contributed by atoms with Crippen molar-refractivity contribution in [1.29, 1.82) is 0 Å². The molecule has 2 N–H and O–H groups in total. The van der Waals surface area contributed by atoms with Gasteiger partial charge in [-0.25, -0.2) is 0 Å². The van der Waals surface area contributed by atoms with Gasteiger partial charge in [-0.05, 0) is 32.7 Å². The Balaban J connectivity index is 1.84. The zero-order chi connectivity index (χ0) is 13.2. The molecule has 0 aliphatic carbocycles. The van der Waals surface area contributed by atoms with Crippen LogP contribution in [0.15, 0.2) is 0 Å². The molecule has 1 unspecified atom stereocenters. The number of hydrogen-bond acceptors (Lipinski definition) is 4. The highest BCUT2D eigenvalue weighted by Gasteiger charge is 2.19. The topological polar surface area (TPSA) is 67.4 Å². The lowest BCUT2D eigenvalue weighted by atomic mass is 10.2. The van der Waals surface area contributed by atoms with E-state index in [0.717, 1.165) is 38.8 Å². The second-order valence-electron chi connectivity index (χ2n) is 4.62. The van der Waals surface area contributed by atoms with Crippen LogP contribution in [0.1, 0.15) is 45.4 Å². The predicted octanol–water partition coefficient (Wildman–Crippen LogP) is 0.978. The van der Waals surface area contributed by atoms with E-state index < -0.39 is 0 Å². The van der Waals surface area contributed by atoms with E-state index in [0.29, 0.717) is 25.5 Å². The lowest BCUT2D eigenvalue weighted by molar-refractivity contribution is -0.143. The van der Waals surface area contributed by atoms with Gasteiger partial charge in [0.25, 0.3) is 0 Å². The first kappa shape index (κ1) is 15.0. The average Bonchev–Trinajstić information content (AvgIpc) is 2.74. The van der Waals surface area contributed by atoms with Gasteiger partial charge in [-0.1, -0.05) is 6.42 Å². The van der Waals surface area contributed by atoms with Gasteiger partial charge in [-0.2, -0.15) is 0 Å². The number of nitrogens with one attached hydrogen (secondary N) is 2. The van der Waals surface area contributed by atoms with Crippen molar-refractivity contribution in [1.82, 2.24) is 10.6 Å². The Kier molecular flexibility index (Phi) is 7.41. The van der Waals surface area contributed by atoms with Gasteiger partial charge in [0.1, 0.15) is 0 Å². The van der Waals surface area contributed by atoms with Crippen LogP contribution in [0.3, 0.4) is 0 Å². The molecule has 104 valence electrons. The number of unbranched alkanes of at least 4 members (excludes halogenated alkanes) is 2. The Hall–Kier alpha value is -1.10. The largest absolute Gasteiger partial charge is 0.466 e. The van der Waals surface area contributed by atoms with Gasteiger partial charge >= 0.3 is 5.97 Å². The Bertz CT molecular complexity index is 269. The fraction of sp³-hybridized carbons (Fsp3) is 0.846. The zero-order valence-corrected chi connectivity index (χ0v) is 11.2. The number of amides is 1. The van der Waals surface area contributed by atoms with Crippen molar-refractivity contribution >= 4 is 11.9 Å². The zero-order valence-electron chi connectivity index (χ0n) is 11.2. The van der Waals surface area contributed by atoms with E-state index >= 15 is 0 Å². The summed E-state index contributed by atoms with van der Waals surface area (Å²) in [7, 11) is 0. The second kappa shape index (κ2) is 8.91. The summed E-state index contributed by atoms with van der Waals surface area (Å²) in [6.07, 6.45) is 5.09. The van der Waals surface area contributed by atoms with E-state index in [1.807, 2.05) is 6.92 Å². The van der Waals surface area contributed by atoms with E-state index in [-0.39, 0.29) is 11.9 Å². The van der Waals surface area contributed by atoms with Gasteiger partial charge < -0.3 is 15.4 Å². The fourth-order valence-corrected chi connectivity index (χ4v) is 2.04. The Morgan fingerprint density at radius 1 is 1.44 bits per heavy atom. The van der Waals surface area contributed by atoms with Crippen LogP contribution >= 0.6 is 0 Å². The van der Waals surface area contributed by atoms with Crippen LogP contribution in [0.5, 0.6) is 0 Å². The number of ether oxygens (including phenoxy) is 1.